The van der Waals surface area contributed by atoms with Gasteiger partial charge < -0.3 is 9.84 Å². The van der Waals surface area contributed by atoms with Crippen LogP contribution in [0, 0.1) is 12.8 Å². The lowest BCUT2D eigenvalue weighted by Crippen LogP contribution is -2.32. The number of aromatic nitrogens is 1. The summed E-state index contributed by atoms with van der Waals surface area (Å²) in [5.74, 6) is 0.555. The van der Waals surface area contributed by atoms with Gasteiger partial charge in [0.15, 0.2) is 5.76 Å². The minimum absolute atomic E-state index is 0.00438. The van der Waals surface area contributed by atoms with Crippen molar-refractivity contribution >= 4 is 33.8 Å². The number of aryl methyl sites for hydroxylation is 1. The van der Waals surface area contributed by atoms with Crippen LogP contribution in [0.25, 0.3) is 12.2 Å². The molecule has 1 heterocycles. The third-order valence-corrected chi connectivity index (χ3v) is 6.92. The van der Waals surface area contributed by atoms with E-state index in [2.05, 4.69) is 15.2 Å². The van der Waals surface area contributed by atoms with Gasteiger partial charge in [-0.15, -0.1) is 0 Å². The Hall–Kier alpha value is -2.45. The van der Waals surface area contributed by atoms with Gasteiger partial charge in [0.05, 0.1) is 4.90 Å². The molecule has 8 heteroatoms. The summed E-state index contributed by atoms with van der Waals surface area (Å²) in [7, 11) is -3.50. The van der Waals surface area contributed by atoms with Crippen LogP contribution in [0.5, 0.6) is 0 Å². The summed E-state index contributed by atoms with van der Waals surface area (Å²) in [5.41, 5.74) is 2.02. The van der Waals surface area contributed by atoms with E-state index in [0.717, 1.165) is 44.1 Å². The Morgan fingerprint density at radius 3 is 2.45 bits per heavy atom. The minimum atomic E-state index is -3.50. The molecule has 29 heavy (non-hydrogen) atoms. The first kappa shape index (κ1) is 19.8. The molecule has 154 valence electrons. The van der Waals surface area contributed by atoms with Gasteiger partial charge in [0.2, 0.25) is 15.9 Å². The normalized spacial score (nSPS) is 17.8. The SMILES string of the molecule is Cc1noc(C=Cc2ccc(S(=O)(=O)NC3CCCC3)cc2)c1NC(=O)C1CC1. The zero-order valence-corrected chi connectivity index (χ0v) is 17.2. The third-order valence-electron chi connectivity index (χ3n) is 5.38. The second-order valence-corrected chi connectivity index (χ2v) is 9.49. The lowest BCUT2D eigenvalue weighted by molar-refractivity contribution is -0.117. The number of carbonyl (C=O) groups is 1. The molecule has 0 aliphatic heterocycles. The Morgan fingerprint density at radius 1 is 1.10 bits per heavy atom. The number of nitrogens with zero attached hydrogens (tertiary/aromatic N) is 1. The van der Waals surface area contributed by atoms with E-state index in [1.807, 2.05) is 0 Å². The van der Waals surface area contributed by atoms with Crippen LogP contribution in [0.4, 0.5) is 5.69 Å². The van der Waals surface area contributed by atoms with Crippen LogP contribution in [0.2, 0.25) is 0 Å². The second kappa shape index (κ2) is 8.12. The third kappa shape index (κ3) is 4.76. The molecular weight excluding hydrogens is 390 g/mol. The predicted octanol–water partition coefficient (Wildman–Crippen LogP) is 3.72. The number of anilines is 1. The van der Waals surface area contributed by atoms with Crippen LogP contribution < -0.4 is 10.0 Å². The van der Waals surface area contributed by atoms with Gasteiger partial charge in [-0.1, -0.05) is 36.2 Å². The average Bonchev–Trinajstić information content (AvgIpc) is 3.34. The van der Waals surface area contributed by atoms with E-state index >= 15 is 0 Å². The summed E-state index contributed by atoms with van der Waals surface area (Å²) in [6.45, 7) is 1.78. The molecule has 1 amide bonds. The Kier molecular flexibility index (Phi) is 5.56. The van der Waals surface area contributed by atoms with Crippen molar-refractivity contribution in [1.29, 1.82) is 0 Å². The van der Waals surface area contributed by atoms with Gasteiger partial charge in [0.25, 0.3) is 0 Å². The molecule has 1 aromatic carbocycles. The van der Waals surface area contributed by atoms with E-state index in [4.69, 9.17) is 4.52 Å². The Morgan fingerprint density at radius 2 is 1.79 bits per heavy atom. The molecular formula is C21H25N3O4S. The predicted molar refractivity (Wildman–Crippen MR) is 111 cm³/mol. The summed E-state index contributed by atoms with van der Waals surface area (Å²) < 4.78 is 33.1. The van der Waals surface area contributed by atoms with Crippen molar-refractivity contribution in [3.8, 4) is 0 Å². The zero-order valence-electron chi connectivity index (χ0n) is 16.3. The summed E-state index contributed by atoms with van der Waals surface area (Å²) in [4.78, 5) is 12.3. The van der Waals surface area contributed by atoms with Gasteiger partial charge in [-0.25, -0.2) is 13.1 Å². The Labute approximate surface area is 170 Å². The van der Waals surface area contributed by atoms with Crippen LogP contribution in [-0.2, 0) is 14.8 Å². The molecule has 4 rings (SSSR count). The number of hydrogen-bond acceptors (Lipinski definition) is 5. The lowest BCUT2D eigenvalue weighted by Gasteiger charge is -2.12. The molecule has 1 aromatic heterocycles. The highest BCUT2D eigenvalue weighted by Crippen LogP contribution is 2.32. The molecule has 2 aliphatic rings. The molecule has 0 saturated heterocycles. The first-order valence-corrected chi connectivity index (χ1v) is 11.5. The number of nitrogens with one attached hydrogen (secondary N) is 2. The van der Waals surface area contributed by atoms with Gasteiger partial charge in [0.1, 0.15) is 11.4 Å². The highest BCUT2D eigenvalue weighted by atomic mass is 32.2. The second-order valence-electron chi connectivity index (χ2n) is 7.78. The van der Waals surface area contributed by atoms with Crippen LogP contribution >= 0.6 is 0 Å². The Balaban J connectivity index is 1.45. The van der Waals surface area contributed by atoms with Gasteiger partial charge >= 0.3 is 0 Å². The molecule has 0 bridgehead atoms. The van der Waals surface area contributed by atoms with E-state index < -0.39 is 10.0 Å². The van der Waals surface area contributed by atoms with E-state index in [-0.39, 0.29) is 22.8 Å². The monoisotopic (exact) mass is 415 g/mol. The molecule has 0 atom stereocenters. The van der Waals surface area contributed by atoms with E-state index in [9.17, 15) is 13.2 Å². The van der Waals surface area contributed by atoms with Gasteiger partial charge in [-0.05, 0) is 56.4 Å². The minimum Gasteiger partial charge on any atom is -0.354 e. The molecule has 2 fully saturated rings. The maximum atomic E-state index is 12.5. The number of benzene rings is 1. The summed E-state index contributed by atoms with van der Waals surface area (Å²) in [6.07, 6.45) is 9.31. The van der Waals surface area contributed by atoms with E-state index in [1.54, 1.807) is 43.3 Å². The van der Waals surface area contributed by atoms with Crippen molar-refractivity contribution in [3.05, 3.63) is 41.3 Å². The van der Waals surface area contributed by atoms with Crippen molar-refractivity contribution in [3.63, 3.8) is 0 Å². The molecule has 7 nitrogen and oxygen atoms in total. The topological polar surface area (TPSA) is 101 Å². The van der Waals surface area contributed by atoms with Crippen molar-refractivity contribution < 1.29 is 17.7 Å². The zero-order chi connectivity index (χ0) is 20.4. The first-order valence-electron chi connectivity index (χ1n) is 10.00. The number of sulfonamides is 1. The maximum Gasteiger partial charge on any atom is 0.240 e. The standard InChI is InChI=1S/C21H25N3O4S/c1-14-20(22-21(25)16-9-10-16)19(28-23-14)13-8-15-6-11-18(12-7-15)29(26,27)24-17-4-2-3-5-17/h6-8,11-13,16-17,24H,2-5,9-10H2,1H3,(H,22,25). The highest BCUT2D eigenvalue weighted by molar-refractivity contribution is 7.89. The van der Waals surface area contributed by atoms with Crippen LogP contribution in [0.1, 0.15) is 55.5 Å². The summed E-state index contributed by atoms with van der Waals surface area (Å²) >= 11 is 0. The van der Waals surface area contributed by atoms with E-state index in [1.165, 1.54) is 0 Å². The van der Waals surface area contributed by atoms with E-state index in [0.29, 0.717) is 17.1 Å². The first-order chi connectivity index (χ1) is 13.9. The van der Waals surface area contributed by atoms with Crippen molar-refractivity contribution in [1.82, 2.24) is 9.88 Å². The van der Waals surface area contributed by atoms with Crippen molar-refractivity contribution in [2.24, 2.45) is 5.92 Å². The summed E-state index contributed by atoms with van der Waals surface area (Å²) in [6, 6.07) is 6.71. The Bertz CT molecular complexity index is 1010. The fourth-order valence-corrected chi connectivity index (χ4v) is 4.79. The maximum absolute atomic E-state index is 12.5. The fourth-order valence-electron chi connectivity index (χ4n) is 3.48. The van der Waals surface area contributed by atoms with Crippen LogP contribution in [0.3, 0.4) is 0 Å². The molecule has 2 aromatic rings. The van der Waals surface area contributed by atoms with Crippen molar-refractivity contribution in [2.75, 3.05) is 5.32 Å². The highest BCUT2D eigenvalue weighted by Gasteiger charge is 2.30. The molecule has 0 radical (unpaired) electrons. The summed E-state index contributed by atoms with van der Waals surface area (Å²) in [5, 5.41) is 6.81. The number of amides is 1. The largest absolute Gasteiger partial charge is 0.354 e. The van der Waals surface area contributed by atoms with Gasteiger partial charge in [-0.2, -0.15) is 0 Å². The molecule has 0 spiro atoms. The number of rotatable bonds is 7. The van der Waals surface area contributed by atoms with Gasteiger partial charge in [-0.3, -0.25) is 4.79 Å². The average molecular weight is 416 g/mol. The van der Waals surface area contributed by atoms with Crippen molar-refractivity contribution in [2.45, 2.75) is 56.4 Å². The molecule has 0 unspecified atom stereocenters. The molecule has 2 aliphatic carbocycles. The quantitative estimate of drug-likeness (QED) is 0.718. The number of hydrogen-bond donors (Lipinski definition) is 2. The fraction of sp³-hybridized carbons (Fsp3) is 0.429. The smallest absolute Gasteiger partial charge is 0.240 e. The number of carbonyl (C=O) groups excluding carboxylic acids is 1. The lowest BCUT2D eigenvalue weighted by atomic mass is 10.2. The van der Waals surface area contributed by atoms with Gasteiger partial charge in [0, 0.05) is 12.0 Å². The molecule has 2 N–H and O–H groups in total. The van der Waals surface area contributed by atoms with Crippen LogP contribution in [-0.4, -0.2) is 25.5 Å². The van der Waals surface area contributed by atoms with Crippen LogP contribution in [0.15, 0.2) is 33.7 Å². The molecule has 2 saturated carbocycles.